The summed E-state index contributed by atoms with van der Waals surface area (Å²) in [4.78, 5) is 24.3. The van der Waals surface area contributed by atoms with E-state index in [4.69, 9.17) is 10.5 Å². The largest absolute Gasteiger partial charge is 0.368 e. The molecule has 0 radical (unpaired) electrons. The molecule has 8 nitrogen and oxygen atoms in total. The number of rotatable bonds is 7. The number of amides is 2. The van der Waals surface area contributed by atoms with Crippen molar-refractivity contribution in [2.24, 2.45) is 5.73 Å². The lowest BCUT2D eigenvalue weighted by Gasteiger charge is -2.49. The highest BCUT2D eigenvalue weighted by atomic mass is 32.2. The maximum Gasteiger partial charge on any atom is 0.243 e. The number of carbonyl (C=O) groups is 2. The van der Waals surface area contributed by atoms with Crippen molar-refractivity contribution in [3.05, 3.63) is 70.8 Å². The van der Waals surface area contributed by atoms with E-state index in [2.05, 4.69) is 5.32 Å². The molecule has 2 amide bonds. The van der Waals surface area contributed by atoms with Crippen LogP contribution in [0.4, 0.5) is 8.78 Å². The smallest absolute Gasteiger partial charge is 0.243 e. The molecule has 0 bridgehead atoms. The highest BCUT2D eigenvalue weighted by molar-refractivity contribution is 7.92. The van der Waals surface area contributed by atoms with E-state index in [1.165, 1.54) is 11.8 Å². The Morgan fingerprint density at radius 2 is 1.83 bits per heavy atom. The lowest BCUT2D eigenvalue weighted by atomic mass is 9.84. The number of ether oxygens (including phenoxy) is 1. The molecule has 3 N–H and O–H groups in total. The summed E-state index contributed by atoms with van der Waals surface area (Å²) in [6, 6.07) is 10.3. The summed E-state index contributed by atoms with van der Waals surface area (Å²) in [5.41, 5.74) is 4.14. The van der Waals surface area contributed by atoms with Crippen molar-refractivity contribution in [3.8, 4) is 0 Å². The number of primary amides is 1. The van der Waals surface area contributed by atoms with Crippen molar-refractivity contribution in [1.29, 1.82) is 0 Å². The summed E-state index contributed by atoms with van der Waals surface area (Å²) < 4.78 is 63.2. The van der Waals surface area contributed by atoms with Gasteiger partial charge in [-0.15, -0.1) is 0 Å². The van der Waals surface area contributed by atoms with Crippen LogP contribution in [0.15, 0.2) is 42.5 Å². The minimum Gasteiger partial charge on any atom is -0.368 e. The molecule has 2 heterocycles. The third-order valence-electron chi connectivity index (χ3n) is 7.05. The second-order valence-corrected chi connectivity index (χ2v) is 11.8. The molecule has 0 aromatic heterocycles. The first-order valence-electron chi connectivity index (χ1n) is 11.6. The summed E-state index contributed by atoms with van der Waals surface area (Å²) in [5, 5.41) is 1.41. The normalized spacial score (nSPS) is 24.7. The third kappa shape index (κ3) is 4.87. The number of sulfone groups is 1. The third-order valence-corrected chi connectivity index (χ3v) is 9.70. The highest BCUT2D eigenvalue weighted by Gasteiger charge is 2.49. The number of nitrogens with two attached hydrogens (primary N) is 1. The van der Waals surface area contributed by atoms with Gasteiger partial charge < -0.3 is 20.7 Å². The standard InChI is InChI=1S/C25H29F2N3O5S/c1-15-22(36(33,34)23(11-29-15)17-6-4-3-5-7-17)9-18-8-21(27)19(10-20(18)26)25(35-12-24(28)32)13-30(14-25)16(2)31/h3-8,10,15,22-23,29H,9,11-14H2,1-2H3,(H2,28,32)/t15-,22?,23-/m0/s1. The molecule has 4 rings (SSSR count). The minimum absolute atomic E-state index is 0.0674. The number of halogens is 2. The summed E-state index contributed by atoms with van der Waals surface area (Å²) in [7, 11) is -3.73. The molecule has 0 saturated carbocycles. The van der Waals surface area contributed by atoms with Gasteiger partial charge in [0.15, 0.2) is 9.84 Å². The Morgan fingerprint density at radius 3 is 2.44 bits per heavy atom. The van der Waals surface area contributed by atoms with Gasteiger partial charge in [-0.1, -0.05) is 30.3 Å². The van der Waals surface area contributed by atoms with E-state index >= 15 is 8.78 Å². The van der Waals surface area contributed by atoms with E-state index in [9.17, 15) is 18.0 Å². The molecule has 194 valence electrons. The zero-order chi connectivity index (χ0) is 26.3. The van der Waals surface area contributed by atoms with E-state index in [1.54, 1.807) is 37.3 Å². The minimum atomic E-state index is -3.73. The molecule has 2 saturated heterocycles. The number of nitrogens with zero attached hydrogens (tertiary/aromatic N) is 1. The van der Waals surface area contributed by atoms with E-state index in [-0.39, 0.29) is 43.1 Å². The maximum atomic E-state index is 15.4. The molecule has 2 aliphatic rings. The van der Waals surface area contributed by atoms with Crippen molar-refractivity contribution in [2.45, 2.75) is 42.4 Å². The molecule has 1 unspecified atom stereocenters. The molecule has 11 heteroatoms. The van der Waals surface area contributed by atoms with Gasteiger partial charge in [-0.3, -0.25) is 9.59 Å². The van der Waals surface area contributed by atoms with Crippen LogP contribution in [0.1, 0.15) is 35.8 Å². The number of benzene rings is 2. The molecule has 0 aliphatic carbocycles. The Bertz CT molecular complexity index is 1260. The van der Waals surface area contributed by atoms with Crippen LogP contribution in [0, 0.1) is 11.6 Å². The Hall–Kier alpha value is -2.89. The maximum absolute atomic E-state index is 15.4. The lowest BCUT2D eigenvalue weighted by Crippen LogP contribution is -2.63. The molecule has 3 atom stereocenters. The number of hydrogen-bond acceptors (Lipinski definition) is 6. The van der Waals surface area contributed by atoms with Crippen LogP contribution < -0.4 is 11.1 Å². The van der Waals surface area contributed by atoms with Gasteiger partial charge in [0.05, 0.1) is 23.6 Å². The molecule has 2 aromatic carbocycles. The average Bonchev–Trinajstić information content (AvgIpc) is 2.78. The SMILES string of the molecule is CC(=O)N1CC(OCC(N)=O)(c2cc(F)c(CC3[C@H](C)NC[C@@H](c4ccccc4)S3(=O)=O)cc2F)C1. The first kappa shape index (κ1) is 26.2. The van der Waals surface area contributed by atoms with Gasteiger partial charge in [-0.25, -0.2) is 17.2 Å². The lowest BCUT2D eigenvalue weighted by molar-refractivity contribution is -0.174. The Kier molecular flexibility index (Phi) is 7.18. The van der Waals surface area contributed by atoms with Crippen molar-refractivity contribution in [1.82, 2.24) is 10.2 Å². The van der Waals surface area contributed by atoms with Gasteiger partial charge in [0.25, 0.3) is 0 Å². The van der Waals surface area contributed by atoms with Gasteiger partial charge in [0.1, 0.15) is 23.8 Å². The summed E-state index contributed by atoms with van der Waals surface area (Å²) in [5.74, 6) is -2.67. The molecule has 2 fully saturated rings. The fourth-order valence-corrected chi connectivity index (χ4v) is 7.32. The Labute approximate surface area is 208 Å². The second-order valence-electron chi connectivity index (χ2n) is 9.48. The van der Waals surface area contributed by atoms with Crippen molar-refractivity contribution in [2.75, 3.05) is 26.2 Å². The van der Waals surface area contributed by atoms with Crippen LogP contribution in [0.3, 0.4) is 0 Å². The fourth-order valence-electron chi connectivity index (χ4n) is 4.96. The van der Waals surface area contributed by atoms with Gasteiger partial charge in [0, 0.05) is 25.1 Å². The molecule has 36 heavy (non-hydrogen) atoms. The monoisotopic (exact) mass is 521 g/mol. The first-order chi connectivity index (χ1) is 16.9. The highest BCUT2D eigenvalue weighted by Crippen LogP contribution is 2.39. The quantitative estimate of drug-likeness (QED) is 0.571. The van der Waals surface area contributed by atoms with Crippen LogP contribution in [-0.2, 0) is 36.2 Å². The zero-order valence-corrected chi connectivity index (χ0v) is 20.9. The van der Waals surface area contributed by atoms with Gasteiger partial charge in [-0.2, -0.15) is 0 Å². The zero-order valence-electron chi connectivity index (χ0n) is 20.0. The van der Waals surface area contributed by atoms with Crippen molar-refractivity contribution < 1.29 is 31.5 Å². The van der Waals surface area contributed by atoms with Crippen LogP contribution in [-0.4, -0.2) is 62.7 Å². The molecular formula is C25H29F2N3O5S. The van der Waals surface area contributed by atoms with E-state index in [0.717, 1.165) is 12.1 Å². The first-order valence-corrected chi connectivity index (χ1v) is 13.2. The number of carbonyl (C=O) groups excluding carboxylic acids is 2. The summed E-state index contributed by atoms with van der Waals surface area (Å²) >= 11 is 0. The molecular weight excluding hydrogens is 492 g/mol. The molecule has 2 aromatic rings. The number of hydrogen-bond donors (Lipinski definition) is 2. The van der Waals surface area contributed by atoms with E-state index in [1.807, 2.05) is 0 Å². The van der Waals surface area contributed by atoms with Gasteiger partial charge in [-0.05, 0) is 36.6 Å². The number of likely N-dealkylation sites (tertiary alicyclic amines) is 1. The summed E-state index contributed by atoms with van der Waals surface area (Å²) in [6.45, 7) is 2.61. The van der Waals surface area contributed by atoms with Crippen LogP contribution in [0.25, 0.3) is 0 Å². The van der Waals surface area contributed by atoms with Crippen LogP contribution in [0.2, 0.25) is 0 Å². The molecule has 0 spiro atoms. The van der Waals surface area contributed by atoms with Crippen LogP contribution in [0.5, 0.6) is 0 Å². The Balaban J connectivity index is 1.63. The van der Waals surface area contributed by atoms with E-state index in [0.29, 0.717) is 5.56 Å². The number of nitrogens with one attached hydrogen (secondary N) is 1. The van der Waals surface area contributed by atoms with Crippen molar-refractivity contribution in [3.63, 3.8) is 0 Å². The summed E-state index contributed by atoms with van der Waals surface area (Å²) in [6.07, 6.45) is -0.225. The topological polar surface area (TPSA) is 119 Å². The fraction of sp³-hybridized carbons (Fsp3) is 0.440. The van der Waals surface area contributed by atoms with Crippen molar-refractivity contribution >= 4 is 21.7 Å². The predicted octanol–water partition coefficient (Wildman–Crippen LogP) is 1.58. The average molecular weight is 522 g/mol. The second kappa shape index (κ2) is 9.87. The van der Waals surface area contributed by atoms with Crippen LogP contribution >= 0.6 is 0 Å². The Morgan fingerprint density at radius 1 is 1.17 bits per heavy atom. The van der Waals surface area contributed by atoms with E-state index < -0.39 is 56.1 Å². The van der Waals surface area contributed by atoms with Gasteiger partial charge >= 0.3 is 0 Å². The predicted molar refractivity (Wildman–Crippen MR) is 128 cm³/mol. The van der Waals surface area contributed by atoms with Gasteiger partial charge in [0.2, 0.25) is 11.8 Å². The molecule has 2 aliphatic heterocycles.